The second-order valence-electron chi connectivity index (χ2n) is 3.04. The molecule has 0 radical (unpaired) electrons. The summed E-state index contributed by atoms with van der Waals surface area (Å²) in [5.74, 6) is -0.618. The Kier molecular flexibility index (Phi) is 3.58. The smallest absolute Gasteiger partial charge is 0.321 e. The Morgan fingerprint density at radius 1 is 1.27 bits per heavy atom. The lowest BCUT2D eigenvalue weighted by molar-refractivity contribution is -0.113. The summed E-state index contributed by atoms with van der Waals surface area (Å²) in [5.41, 5.74) is 0.589. The molecule has 0 heterocycles. The lowest BCUT2D eigenvalue weighted by Crippen LogP contribution is -1.97. The number of rotatable bonds is 3. The van der Waals surface area contributed by atoms with Crippen LogP contribution in [0.15, 0.2) is 35.6 Å². The Morgan fingerprint density at radius 2 is 1.80 bits per heavy atom. The van der Waals surface area contributed by atoms with Crippen LogP contribution in [0.1, 0.15) is 12.5 Å². The maximum atomic E-state index is 11.0. The Labute approximate surface area is 87.4 Å². The van der Waals surface area contributed by atoms with Crippen LogP contribution < -0.4 is 0 Å². The first-order valence-electron chi connectivity index (χ1n) is 4.25. The largest absolute Gasteiger partial charge is 0.359 e. The molecule has 0 fully saturated rings. The molecule has 0 bridgehead atoms. The van der Waals surface area contributed by atoms with E-state index in [-0.39, 0.29) is 0 Å². The summed E-state index contributed by atoms with van der Waals surface area (Å²) in [6.07, 6.45) is 1.21. The number of carbonyl (C=O) groups is 1. The molecular weight excluding hydrogens is 215 g/mol. The second-order valence-corrected chi connectivity index (χ2v) is 4.61. The summed E-state index contributed by atoms with van der Waals surface area (Å²) in [6.45, 7) is 1.13. The Morgan fingerprint density at radius 3 is 2.20 bits per heavy atom. The van der Waals surface area contributed by atoms with E-state index >= 15 is 0 Å². The lowest BCUT2D eigenvalue weighted by Gasteiger charge is -2.05. The minimum atomic E-state index is -4.49. The minimum Gasteiger partial charge on any atom is -0.321 e. The number of carbonyl (C=O) groups excluding carboxylic acids is 1. The molecule has 0 saturated heterocycles. The van der Waals surface area contributed by atoms with E-state index in [9.17, 15) is 9.36 Å². The molecule has 1 aromatic carbocycles. The van der Waals surface area contributed by atoms with Gasteiger partial charge in [-0.1, -0.05) is 30.3 Å². The molecular formula is C10H11O4P. The second kappa shape index (κ2) is 4.53. The van der Waals surface area contributed by atoms with Gasteiger partial charge in [-0.3, -0.25) is 9.36 Å². The average molecular weight is 226 g/mol. The number of ketones is 1. The molecule has 0 aliphatic rings. The third kappa shape index (κ3) is 3.44. The molecule has 0 saturated carbocycles. The third-order valence-electron chi connectivity index (χ3n) is 1.78. The van der Waals surface area contributed by atoms with Gasteiger partial charge in [0.15, 0.2) is 5.78 Å². The Bertz CT molecular complexity index is 430. The zero-order valence-corrected chi connectivity index (χ0v) is 9.02. The van der Waals surface area contributed by atoms with Crippen LogP contribution in [0.4, 0.5) is 0 Å². The zero-order chi connectivity index (χ0) is 11.5. The molecule has 0 aliphatic carbocycles. The highest BCUT2D eigenvalue weighted by Crippen LogP contribution is 2.46. The molecule has 0 unspecified atom stereocenters. The molecule has 0 aromatic heterocycles. The van der Waals surface area contributed by atoms with Crippen molar-refractivity contribution in [2.75, 3.05) is 0 Å². The SMILES string of the molecule is CC(=O)/C(=C/c1ccccc1)P(=O)(O)O. The Hall–Kier alpha value is -1.22. The first kappa shape index (κ1) is 11.9. The van der Waals surface area contributed by atoms with Crippen LogP contribution in [0, 0.1) is 0 Å². The topological polar surface area (TPSA) is 74.6 Å². The molecule has 80 valence electrons. The molecule has 0 amide bonds. The standard InChI is InChI=1S/C10H11O4P/c1-8(11)10(15(12,13)14)7-9-5-3-2-4-6-9/h2-7H,1H3,(H2,12,13,14)/b10-7-. The monoisotopic (exact) mass is 226 g/mol. The molecule has 1 rings (SSSR count). The average Bonchev–Trinajstić information content (AvgIpc) is 2.13. The van der Waals surface area contributed by atoms with Gasteiger partial charge in [0.2, 0.25) is 0 Å². The van der Waals surface area contributed by atoms with Crippen molar-refractivity contribution in [2.24, 2.45) is 0 Å². The summed E-state index contributed by atoms with van der Waals surface area (Å²) in [6, 6.07) is 8.56. The summed E-state index contributed by atoms with van der Waals surface area (Å²) in [7, 11) is -4.49. The first-order valence-corrected chi connectivity index (χ1v) is 5.86. The first-order chi connectivity index (χ1) is 6.91. The summed E-state index contributed by atoms with van der Waals surface area (Å²) in [4.78, 5) is 28.9. The molecule has 0 aliphatic heterocycles. The van der Waals surface area contributed by atoms with Crippen molar-refractivity contribution >= 4 is 19.5 Å². The van der Waals surface area contributed by atoms with Gasteiger partial charge < -0.3 is 9.79 Å². The van der Waals surface area contributed by atoms with Gasteiger partial charge in [0.05, 0.1) is 0 Å². The van der Waals surface area contributed by atoms with Crippen molar-refractivity contribution in [3.05, 3.63) is 41.2 Å². The van der Waals surface area contributed by atoms with E-state index in [1.807, 2.05) is 0 Å². The van der Waals surface area contributed by atoms with Gasteiger partial charge in [0.25, 0.3) is 0 Å². The predicted molar refractivity (Wildman–Crippen MR) is 57.1 cm³/mol. The highest BCUT2D eigenvalue weighted by atomic mass is 31.2. The highest BCUT2D eigenvalue weighted by Gasteiger charge is 2.24. The van der Waals surface area contributed by atoms with Crippen molar-refractivity contribution in [2.45, 2.75) is 6.92 Å². The molecule has 2 N–H and O–H groups in total. The highest BCUT2D eigenvalue weighted by molar-refractivity contribution is 7.58. The van der Waals surface area contributed by atoms with E-state index in [1.165, 1.54) is 6.08 Å². The minimum absolute atomic E-state index is 0.464. The number of Topliss-reactive ketones (excluding diaryl/α,β-unsaturated/α-hetero) is 1. The lowest BCUT2D eigenvalue weighted by atomic mass is 10.2. The fraction of sp³-hybridized carbons (Fsp3) is 0.100. The van der Waals surface area contributed by atoms with Gasteiger partial charge in [-0.05, 0) is 18.6 Å². The van der Waals surface area contributed by atoms with Crippen LogP contribution in [-0.2, 0) is 9.36 Å². The quantitative estimate of drug-likeness (QED) is 0.608. The fourth-order valence-electron chi connectivity index (χ4n) is 1.10. The van der Waals surface area contributed by atoms with E-state index in [4.69, 9.17) is 9.79 Å². The zero-order valence-electron chi connectivity index (χ0n) is 8.12. The maximum Gasteiger partial charge on any atom is 0.359 e. The van der Waals surface area contributed by atoms with E-state index in [2.05, 4.69) is 0 Å². The van der Waals surface area contributed by atoms with Gasteiger partial charge in [-0.15, -0.1) is 0 Å². The van der Waals surface area contributed by atoms with Crippen molar-refractivity contribution in [3.8, 4) is 0 Å². The number of hydrogen-bond donors (Lipinski definition) is 2. The van der Waals surface area contributed by atoms with Crippen LogP contribution in [0.5, 0.6) is 0 Å². The van der Waals surface area contributed by atoms with Crippen molar-refractivity contribution in [1.82, 2.24) is 0 Å². The van der Waals surface area contributed by atoms with Crippen LogP contribution in [0.3, 0.4) is 0 Å². The molecule has 15 heavy (non-hydrogen) atoms. The molecule has 0 spiro atoms. The van der Waals surface area contributed by atoms with E-state index in [0.717, 1.165) is 6.92 Å². The summed E-state index contributed by atoms with van der Waals surface area (Å²) in [5, 5.41) is -0.464. The summed E-state index contributed by atoms with van der Waals surface area (Å²) >= 11 is 0. The summed E-state index contributed by atoms with van der Waals surface area (Å²) < 4.78 is 11.0. The van der Waals surface area contributed by atoms with Gasteiger partial charge in [-0.2, -0.15) is 0 Å². The van der Waals surface area contributed by atoms with Crippen molar-refractivity contribution < 1.29 is 19.1 Å². The van der Waals surface area contributed by atoms with Crippen LogP contribution in [-0.4, -0.2) is 15.6 Å². The van der Waals surface area contributed by atoms with Crippen LogP contribution in [0.25, 0.3) is 6.08 Å². The van der Waals surface area contributed by atoms with E-state index in [1.54, 1.807) is 30.3 Å². The van der Waals surface area contributed by atoms with Gasteiger partial charge in [0.1, 0.15) is 5.31 Å². The van der Waals surface area contributed by atoms with Gasteiger partial charge in [0, 0.05) is 0 Å². The normalized spacial score (nSPS) is 12.6. The molecule has 1 aromatic rings. The van der Waals surface area contributed by atoms with Crippen molar-refractivity contribution in [1.29, 1.82) is 0 Å². The number of hydrogen-bond acceptors (Lipinski definition) is 2. The number of allylic oxidation sites excluding steroid dienone is 1. The van der Waals surface area contributed by atoms with Gasteiger partial charge in [-0.25, -0.2) is 0 Å². The molecule has 0 atom stereocenters. The fourth-order valence-corrected chi connectivity index (χ4v) is 1.83. The van der Waals surface area contributed by atoms with Crippen LogP contribution >= 0.6 is 7.60 Å². The Balaban J connectivity index is 3.18. The predicted octanol–water partition coefficient (Wildman–Crippen LogP) is 1.79. The third-order valence-corrected chi connectivity index (χ3v) is 2.85. The number of benzene rings is 1. The van der Waals surface area contributed by atoms with E-state index < -0.39 is 18.7 Å². The maximum absolute atomic E-state index is 11.0. The molecule has 5 heteroatoms. The van der Waals surface area contributed by atoms with Crippen molar-refractivity contribution in [3.63, 3.8) is 0 Å². The molecule has 4 nitrogen and oxygen atoms in total. The van der Waals surface area contributed by atoms with E-state index in [0.29, 0.717) is 5.56 Å². The van der Waals surface area contributed by atoms with Crippen LogP contribution in [0.2, 0.25) is 0 Å². The van der Waals surface area contributed by atoms with Gasteiger partial charge >= 0.3 is 7.60 Å².